The topological polar surface area (TPSA) is 55.0 Å². The molecule has 1 heterocycles. The second-order valence-corrected chi connectivity index (χ2v) is 3.94. The number of aromatic amines is 1. The standard InChI is InChI=1S/C13H11F3N2O2/c1-2-20-9-5-3-4-8(6-9)10-7-11(13(14,15)16)18-12(19)17-10/h3-7H,2H2,1H3,(H,17,18,19). The van der Waals surface area contributed by atoms with E-state index in [0.717, 1.165) is 6.07 Å². The molecule has 1 aromatic carbocycles. The fourth-order valence-electron chi connectivity index (χ4n) is 1.67. The molecular formula is C13H11F3N2O2. The Morgan fingerprint density at radius 1 is 1.30 bits per heavy atom. The highest BCUT2D eigenvalue weighted by molar-refractivity contribution is 5.61. The fraction of sp³-hybridized carbons (Fsp3) is 0.231. The van der Waals surface area contributed by atoms with Gasteiger partial charge in [-0.25, -0.2) is 4.79 Å². The van der Waals surface area contributed by atoms with Gasteiger partial charge in [-0.3, -0.25) is 0 Å². The van der Waals surface area contributed by atoms with E-state index in [0.29, 0.717) is 17.9 Å². The maximum Gasteiger partial charge on any atom is 0.431 e. The molecule has 1 aromatic heterocycles. The normalized spacial score (nSPS) is 11.4. The Bertz CT molecular complexity index is 665. The van der Waals surface area contributed by atoms with E-state index in [9.17, 15) is 18.0 Å². The lowest BCUT2D eigenvalue weighted by Crippen LogP contribution is -2.19. The molecule has 0 unspecified atom stereocenters. The minimum atomic E-state index is -4.63. The number of aromatic nitrogens is 2. The van der Waals surface area contributed by atoms with E-state index >= 15 is 0 Å². The average Bonchev–Trinajstić information content (AvgIpc) is 2.38. The van der Waals surface area contributed by atoms with Crippen molar-refractivity contribution in [3.8, 4) is 17.0 Å². The van der Waals surface area contributed by atoms with Gasteiger partial charge in [-0.1, -0.05) is 12.1 Å². The summed E-state index contributed by atoms with van der Waals surface area (Å²) in [4.78, 5) is 16.5. The van der Waals surface area contributed by atoms with E-state index in [1.807, 2.05) is 0 Å². The number of halogens is 3. The summed E-state index contributed by atoms with van der Waals surface area (Å²) in [5, 5.41) is 0. The number of nitrogens with zero attached hydrogens (tertiary/aromatic N) is 1. The van der Waals surface area contributed by atoms with Crippen LogP contribution in [0.3, 0.4) is 0 Å². The van der Waals surface area contributed by atoms with Crippen LogP contribution in [-0.4, -0.2) is 16.6 Å². The number of H-pyrrole nitrogens is 1. The van der Waals surface area contributed by atoms with Crippen molar-refractivity contribution in [1.82, 2.24) is 9.97 Å². The van der Waals surface area contributed by atoms with E-state index in [1.165, 1.54) is 6.07 Å². The van der Waals surface area contributed by atoms with Gasteiger partial charge in [-0.05, 0) is 25.1 Å². The molecule has 0 saturated carbocycles. The number of rotatable bonds is 3. The Morgan fingerprint density at radius 3 is 2.70 bits per heavy atom. The van der Waals surface area contributed by atoms with Crippen molar-refractivity contribution in [2.45, 2.75) is 13.1 Å². The second-order valence-electron chi connectivity index (χ2n) is 3.94. The largest absolute Gasteiger partial charge is 0.494 e. The van der Waals surface area contributed by atoms with Crippen molar-refractivity contribution in [2.75, 3.05) is 6.61 Å². The van der Waals surface area contributed by atoms with Gasteiger partial charge in [0.2, 0.25) is 0 Å². The maximum atomic E-state index is 12.6. The van der Waals surface area contributed by atoms with Gasteiger partial charge in [0, 0.05) is 5.56 Å². The number of nitrogens with one attached hydrogen (secondary N) is 1. The summed E-state index contributed by atoms with van der Waals surface area (Å²) in [5.41, 5.74) is -1.85. The Labute approximate surface area is 112 Å². The molecule has 0 aliphatic carbocycles. The Hall–Kier alpha value is -2.31. The molecule has 4 nitrogen and oxygen atoms in total. The summed E-state index contributed by atoms with van der Waals surface area (Å²) in [7, 11) is 0. The first-order valence-electron chi connectivity index (χ1n) is 5.82. The van der Waals surface area contributed by atoms with Crippen molar-refractivity contribution in [3.63, 3.8) is 0 Å². The van der Waals surface area contributed by atoms with Crippen LogP contribution in [0.5, 0.6) is 5.75 Å². The number of benzene rings is 1. The first-order chi connectivity index (χ1) is 9.40. The zero-order chi connectivity index (χ0) is 14.8. The predicted molar refractivity (Wildman–Crippen MR) is 66.5 cm³/mol. The Kier molecular flexibility index (Phi) is 3.78. The summed E-state index contributed by atoms with van der Waals surface area (Å²) >= 11 is 0. The lowest BCUT2D eigenvalue weighted by molar-refractivity contribution is -0.141. The van der Waals surface area contributed by atoms with Crippen LogP contribution in [0.15, 0.2) is 35.1 Å². The van der Waals surface area contributed by atoms with Crippen molar-refractivity contribution >= 4 is 0 Å². The van der Waals surface area contributed by atoms with Crippen molar-refractivity contribution in [1.29, 1.82) is 0 Å². The smallest absolute Gasteiger partial charge is 0.431 e. The van der Waals surface area contributed by atoms with E-state index in [4.69, 9.17) is 4.74 Å². The summed E-state index contributed by atoms with van der Waals surface area (Å²) in [6, 6.07) is 7.18. The first-order valence-corrected chi connectivity index (χ1v) is 5.82. The van der Waals surface area contributed by atoms with Crippen LogP contribution in [0, 0.1) is 0 Å². The van der Waals surface area contributed by atoms with Crippen LogP contribution in [-0.2, 0) is 6.18 Å². The van der Waals surface area contributed by atoms with Gasteiger partial charge >= 0.3 is 11.9 Å². The van der Waals surface area contributed by atoms with E-state index in [2.05, 4.69) is 4.98 Å². The SMILES string of the molecule is CCOc1cccc(-c2cc(C(F)(F)F)[nH]c(=O)n2)c1. The van der Waals surface area contributed by atoms with Crippen LogP contribution in [0.25, 0.3) is 11.3 Å². The highest BCUT2D eigenvalue weighted by Gasteiger charge is 2.32. The minimum Gasteiger partial charge on any atom is -0.494 e. The average molecular weight is 284 g/mol. The van der Waals surface area contributed by atoms with Crippen LogP contribution in [0.1, 0.15) is 12.6 Å². The number of alkyl halides is 3. The molecule has 0 atom stereocenters. The zero-order valence-electron chi connectivity index (χ0n) is 10.5. The molecule has 0 spiro atoms. The highest BCUT2D eigenvalue weighted by atomic mass is 19.4. The van der Waals surface area contributed by atoms with Gasteiger partial charge in [0.1, 0.15) is 11.4 Å². The molecule has 20 heavy (non-hydrogen) atoms. The molecule has 2 aromatic rings. The Morgan fingerprint density at radius 2 is 2.05 bits per heavy atom. The van der Waals surface area contributed by atoms with E-state index in [1.54, 1.807) is 30.1 Å². The molecule has 0 fully saturated rings. The zero-order valence-corrected chi connectivity index (χ0v) is 10.5. The van der Waals surface area contributed by atoms with Crippen LogP contribution in [0.4, 0.5) is 13.2 Å². The molecule has 0 aliphatic heterocycles. The van der Waals surface area contributed by atoms with Crippen LogP contribution >= 0.6 is 0 Å². The molecule has 106 valence electrons. The fourth-order valence-corrected chi connectivity index (χ4v) is 1.67. The molecule has 0 bridgehead atoms. The highest BCUT2D eigenvalue weighted by Crippen LogP contribution is 2.29. The van der Waals surface area contributed by atoms with Crippen molar-refractivity contribution in [3.05, 3.63) is 46.5 Å². The summed E-state index contributed by atoms with van der Waals surface area (Å²) < 4.78 is 43.2. The summed E-state index contributed by atoms with van der Waals surface area (Å²) in [6.07, 6.45) is -4.63. The third-order valence-corrected chi connectivity index (χ3v) is 2.49. The quantitative estimate of drug-likeness (QED) is 0.943. The summed E-state index contributed by atoms with van der Waals surface area (Å²) in [6.45, 7) is 2.22. The van der Waals surface area contributed by atoms with Crippen molar-refractivity contribution in [2.24, 2.45) is 0 Å². The second kappa shape index (κ2) is 5.36. The van der Waals surface area contributed by atoms with E-state index < -0.39 is 17.6 Å². The van der Waals surface area contributed by atoms with Gasteiger partial charge in [0.05, 0.1) is 12.3 Å². The molecule has 0 aliphatic rings. The van der Waals surface area contributed by atoms with Gasteiger partial charge in [-0.15, -0.1) is 0 Å². The summed E-state index contributed by atoms with van der Waals surface area (Å²) in [5.74, 6) is 0.501. The van der Waals surface area contributed by atoms with Crippen LogP contribution in [0.2, 0.25) is 0 Å². The Balaban J connectivity index is 2.50. The molecule has 0 radical (unpaired) electrons. The molecule has 0 amide bonds. The van der Waals surface area contributed by atoms with Gasteiger partial charge in [0.25, 0.3) is 0 Å². The molecule has 7 heteroatoms. The number of hydrogen-bond donors (Lipinski definition) is 1. The third kappa shape index (κ3) is 3.17. The number of ether oxygens (including phenoxy) is 1. The maximum absolute atomic E-state index is 12.6. The van der Waals surface area contributed by atoms with Crippen LogP contribution < -0.4 is 10.4 Å². The lowest BCUT2D eigenvalue weighted by Gasteiger charge is -2.09. The predicted octanol–water partition coefficient (Wildman–Crippen LogP) is 2.85. The number of hydrogen-bond acceptors (Lipinski definition) is 3. The lowest BCUT2D eigenvalue weighted by atomic mass is 10.1. The minimum absolute atomic E-state index is 0.0531. The van der Waals surface area contributed by atoms with E-state index in [-0.39, 0.29) is 5.69 Å². The van der Waals surface area contributed by atoms with Crippen molar-refractivity contribution < 1.29 is 17.9 Å². The first kappa shape index (κ1) is 14.1. The molecular weight excluding hydrogens is 273 g/mol. The van der Waals surface area contributed by atoms with Gasteiger partial charge < -0.3 is 9.72 Å². The molecule has 2 rings (SSSR count). The molecule has 0 saturated heterocycles. The molecule has 1 N–H and O–H groups in total. The van der Waals surface area contributed by atoms with Gasteiger partial charge in [-0.2, -0.15) is 18.2 Å². The monoisotopic (exact) mass is 284 g/mol. The van der Waals surface area contributed by atoms with Gasteiger partial charge in [0.15, 0.2) is 0 Å². The third-order valence-electron chi connectivity index (χ3n) is 2.49.